The largest absolute Gasteiger partial charge is 0.351 e. The zero-order chi connectivity index (χ0) is 11.5. The third-order valence-corrected chi connectivity index (χ3v) is 2.95. The van der Waals surface area contributed by atoms with Crippen molar-refractivity contribution in [2.45, 2.75) is 19.9 Å². The van der Waals surface area contributed by atoms with E-state index in [1.807, 2.05) is 4.90 Å². The van der Waals surface area contributed by atoms with E-state index >= 15 is 0 Å². The summed E-state index contributed by atoms with van der Waals surface area (Å²) in [5.41, 5.74) is 5.57. The third kappa shape index (κ3) is 1.95. The molecule has 5 heteroatoms. The van der Waals surface area contributed by atoms with Gasteiger partial charge in [0.1, 0.15) is 0 Å². The monoisotopic (exact) mass is 222 g/mol. The van der Waals surface area contributed by atoms with Crippen LogP contribution in [0.1, 0.15) is 13.3 Å². The lowest BCUT2D eigenvalue weighted by molar-refractivity contribution is 0.414. The molecule has 1 aromatic rings. The first-order chi connectivity index (χ1) is 7.76. The van der Waals surface area contributed by atoms with Crippen molar-refractivity contribution in [1.82, 2.24) is 9.55 Å². The predicted molar refractivity (Wildman–Crippen MR) is 63.5 cm³/mol. The minimum Gasteiger partial charge on any atom is -0.351 e. The van der Waals surface area contributed by atoms with Crippen LogP contribution in [-0.2, 0) is 6.54 Å². The van der Waals surface area contributed by atoms with Gasteiger partial charge in [-0.3, -0.25) is 4.79 Å². The second-order valence-corrected chi connectivity index (χ2v) is 4.26. The van der Waals surface area contributed by atoms with Gasteiger partial charge in [0.25, 0.3) is 5.56 Å². The number of aromatic nitrogens is 2. The van der Waals surface area contributed by atoms with Crippen molar-refractivity contribution in [3.05, 3.63) is 22.7 Å². The van der Waals surface area contributed by atoms with Crippen LogP contribution in [0.4, 0.5) is 5.82 Å². The van der Waals surface area contributed by atoms with Gasteiger partial charge in [0.2, 0.25) is 0 Å². The third-order valence-electron chi connectivity index (χ3n) is 2.95. The summed E-state index contributed by atoms with van der Waals surface area (Å²) in [6.45, 7) is 5.21. The molecule has 0 atom stereocenters. The molecule has 0 spiro atoms. The Morgan fingerprint density at radius 1 is 1.56 bits per heavy atom. The first-order valence-electron chi connectivity index (χ1n) is 5.76. The Morgan fingerprint density at radius 3 is 2.94 bits per heavy atom. The molecule has 0 saturated carbocycles. The molecule has 5 nitrogen and oxygen atoms in total. The van der Waals surface area contributed by atoms with Crippen molar-refractivity contribution in [2.75, 3.05) is 24.5 Å². The van der Waals surface area contributed by atoms with E-state index < -0.39 is 0 Å². The Bertz CT molecular complexity index is 409. The SMILES string of the molecule is CCCn1ccnc(N2CC(CN)C2)c1=O. The zero-order valence-corrected chi connectivity index (χ0v) is 9.59. The average Bonchev–Trinajstić information content (AvgIpc) is 2.22. The first kappa shape index (κ1) is 11.1. The molecular weight excluding hydrogens is 204 g/mol. The fraction of sp³-hybridized carbons (Fsp3) is 0.636. The minimum atomic E-state index is 0.0137. The van der Waals surface area contributed by atoms with Crippen LogP contribution < -0.4 is 16.2 Å². The maximum absolute atomic E-state index is 12.0. The van der Waals surface area contributed by atoms with Gasteiger partial charge in [-0.15, -0.1) is 0 Å². The van der Waals surface area contributed by atoms with Gasteiger partial charge in [0.15, 0.2) is 5.82 Å². The van der Waals surface area contributed by atoms with Crippen LogP contribution in [0.2, 0.25) is 0 Å². The highest BCUT2D eigenvalue weighted by Gasteiger charge is 2.28. The minimum absolute atomic E-state index is 0.0137. The highest BCUT2D eigenvalue weighted by atomic mass is 16.1. The fourth-order valence-electron chi connectivity index (χ4n) is 1.96. The summed E-state index contributed by atoms with van der Waals surface area (Å²) >= 11 is 0. The normalized spacial score (nSPS) is 16.2. The van der Waals surface area contributed by atoms with Crippen LogP contribution in [0.3, 0.4) is 0 Å². The molecule has 1 aliphatic rings. The van der Waals surface area contributed by atoms with Gasteiger partial charge in [-0.2, -0.15) is 0 Å². The van der Waals surface area contributed by atoms with E-state index in [0.29, 0.717) is 18.3 Å². The Kier molecular flexibility index (Phi) is 3.24. The summed E-state index contributed by atoms with van der Waals surface area (Å²) in [4.78, 5) is 18.2. The van der Waals surface area contributed by atoms with Gasteiger partial charge in [0.05, 0.1) is 0 Å². The molecule has 2 heterocycles. The lowest BCUT2D eigenvalue weighted by Gasteiger charge is -2.39. The van der Waals surface area contributed by atoms with Crippen molar-refractivity contribution < 1.29 is 0 Å². The van der Waals surface area contributed by atoms with E-state index in [4.69, 9.17) is 5.73 Å². The molecule has 0 radical (unpaired) electrons. The van der Waals surface area contributed by atoms with Crippen molar-refractivity contribution in [2.24, 2.45) is 11.7 Å². The summed E-state index contributed by atoms with van der Waals surface area (Å²) in [5.74, 6) is 1.08. The molecule has 1 aromatic heterocycles. The number of nitrogens with two attached hydrogens (primary N) is 1. The van der Waals surface area contributed by atoms with Crippen LogP contribution in [0, 0.1) is 5.92 Å². The van der Waals surface area contributed by atoms with Crippen LogP contribution in [0.15, 0.2) is 17.2 Å². The Balaban J connectivity index is 2.16. The molecule has 0 aromatic carbocycles. The first-order valence-corrected chi connectivity index (χ1v) is 5.76. The quantitative estimate of drug-likeness (QED) is 0.781. The van der Waals surface area contributed by atoms with Crippen LogP contribution >= 0.6 is 0 Å². The molecule has 0 bridgehead atoms. The van der Waals surface area contributed by atoms with E-state index in [9.17, 15) is 4.79 Å². The highest BCUT2D eigenvalue weighted by Crippen LogP contribution is 2.18. The second kappa shape index (κ2) is 4.65. The smallest absolute Gasteiger partial charge is 0.293 e. The standard InChI is InChI=1S/C11H18N4O/c1-2-4-14-5-3-13-10(11(14)16)15-7-9(6-12)8-15/h3,5,9H,2,4,6-8,12H2,1H3. The van der Waals surface area contributed by atoms with Crippen molar-refractivity contribution >= 4 is 5.82 Å². The lowest BCUT2D eigenvalue weighted by Crippen LogP contribution is -2.52. The summed E-state index contributed by atoms with van der Waals surface area (Å²) in [5, 5.41) is 0. The average molecular weight is 222 g/mol. The molecule has 2 rings (SSSR count). The van der Waals surface area contributed by atoms with Crippen molar-refractivity contribution in [3.63, 3.8) is 0 Å². The summed E-state index contributed by atoms with van der Waals surface area (Å²) < 4.78 is 1.72. The van der Waals surface area contributed by atoms with E-state index in [2.05, 4.69) is 11.9 Å². The van der Waals surface area contributed by atoms with Crippen molar-refractivity contribution in [3.8, 4) is 0 Å². The molecule has 0 amide bonds. The van der Waals surface area contributed by atoms with E-state index in [1.165, 1.54) is 0 Å². The molecule has 1 aliphatic heterocycles. The molecule has 0 unspecified atom stereocenters. The van der Waals surface area contributed by atoms with Gasteiger partial charge in [-0.25, -0.2) is 4.98 Å². The Morgan fingerprint density at radius 2 is 2.31 bits per heavy atom. The zero-order valence-electron chi connectivity index (χ0n) is 9.59. The topological polar surface area (TPSA) is 64.2 Å². The molecular formula is C11H18N4O. The van der Waals surface area contributed by atoms with E-state index in [-0.39, 0.29) is 5.56 Å². The lowest BCUT2D eigenvalue weighted by atomic mass is 10.0. The number of hydrogen-bond acceptors (Lipinski definition) is 4. The number of rotatable bonds is 4. The predicted octanol–water partition coefficient (Wildman–Crippen LogP) is 0.0482. The van der Waals surface area contributed by atoms with Gasteiger partial charge in [-0.1, -0.05) is 6.92 Å². The maximum Gasteiger partial charge on any atom is 0.293 e. The molecule has 1 fully saturated rings. The van der Waals surface area contributed by atoms with Gasteiger partial charge < -0.3 is 15.2 Å². The van der Waals surface area contributed by atoms with E-state index in [1.54, 1.807) is 17.0 Å². The van der Waals surface area contributed by atoms with Crippen LogP contribution in [0.5, 0.6) is 0 Å². The highest BCUT2D eigenvalue weighted by molar-refractivity contribution is 5.39. The van der Waals surface area contributed by atoms with Crippen LogP contribution in [-0.4, -0.2) is 29.2 Å². The number of anilines is 1. The Hall–Kier alpha value is -1.36. The van der Waals surface area contributed by atoms with E-state index in [0.717, 1.165) is 26.1 Å². The Labute approximate surface area is 94.9 Å². The maximum atomic E-state index is 12.0. The molecule has 1 saturated heterocycles. The molecule has 2 N–H and O–H groups in total. The van der Waals surface area contributed by atoms with Gasteiger partial charge >= 0.3 is 0 Å². The van der Waals surface area contributed by atoms with Crippen LogP contribution in [0.25, 0.3) is 0 Å². The fourth-order valence-corrected chi connectivity index (χ4v) is 1.96. The summed E-state index contributed by atoms with van der Waals surface area (Å²) in [6.07, 6.45) is 4.40. The summed E-state index contributed by atoms with van der Waals surface area (Å²) in [7, 11) is 0. The number of nitrogens with zero attached hydrogens (tertiary/aromatic N) is 3. The second-order valence-electron chi connectivity index (χ2n) is 4.26. The summed E-state index contributed by atoms with van der Waals surface area (Å²) in [6, 6.07) is 0. The van der Waals surface area contributed by atoms with Gasteiger partial charge in [-0.05, 0) is 13.0 Å². The van der Waals surface area contributed by atoms with Crippen molar-refractivity contribution in [1.29, 1.82) is 0 Å². The number of aryl methyl sites for hydroxylation is 1. The van der Waals surface area contributed by atoms with Gasteiger partial charge in [0, 0.05) is 37.9 Å². The molecule has 0 aliphatic carbocycles. The molecule has 16 heavy (non-hydrogen) atoms. The molecule has 88 valence electrons. The number of hydrogen-bond donors (Lipinski definition) is 1.